The van der Waals surface area contributed by atoms with Gasteiger partial charge in [0, 0.05) is 25.0 Å². The van der Waals surface area contributed by atoms with Crippen molar-refractivity contribution in [3.05, 3.63) is 12.1 Å². The number of hydrogen-bond donors (Lipinski definition) is 1. The van der Waals surface area contributed by atoms with Gasteiger partial charge in [0.05, 0.1) is 24.6 Å². The van der Waals surface area contributed by atoms with Crippen LogP contribution < -0.4 is 20.1 Å². The fraction of sp³-hybridized carbons (Fsp3) is 0.600. The first-order valence-electron chi connectivity index (χ1n) is 9.63. The first-order chi connectivity index (χ1) is 12.6. The molecule has 1 heterocycles. The molecule has 0 aromatic heterocycles. The monoisotopic (exact) mass is 398 g/mol. The van der Waals surface area contributed by atoms with Gasteiger partial charge in [-0.15, -0.1) is 12.4 Å². The summed E-state index contributed by atoms with van der Waals surface area (Å²) in [6.07, 6.45) is 6.63. The van der Waals surface area contributed by atoms with Crippen molar-refractivity contribution in [2.45, 2.75) is 65.2 Å². The summed E-state index contributed by atoms with van der Waals surface area (Å²) in [7, 11) is 0. The Morgan fingerprint density at radius 3 is 1.93 bits per heavy atom. The summed E-state index contributed by atoms with van der Waals surface area (Å²) in [6.45, 7) is 5.32. The van der Waals surface area contributed by atoms with E-state index in [1.165, 1.54) is 4.90 Å². The molecule has 1 aromatic carbocycles. The lowest BCUT2D eigenvalue weighted by Gasteiger charge is -2.21. The number of nitrogen functional groups attached to an aromatic ring is 1. The van der Waals surface area contributed by atoms with Crippen LogP contribution in [-0.2, 0) is 9.59 Å². The van der Waals surface area contributed by atoms with Crippen molar-refractivity contribution in [1.82, 2.24) is 0 Å². The summed E-state index contributed by atoms with van der Waals surface area (Å²) in [5.74, 6) is 0.526. The van der Waals surface area contributed by atoms with Crippen molar-refractivity contribution in [2.75, 3.05) is 23.8 Å². The van der Waals surface area contributed by atoms with Crippen molar-refractivity contribution >= 4 is 35.6 Å². The van der Waals surface area contributed by atoms with Crippen LogP contribution in [0.5, 0.6) is 11.5 Å². The van der Waals surface area contributed by atoms with Gasteiger partial charge < -0.3 is 15.2 Å². The molecule has 0 atom stereocenters. The number of rotatable bonds is 11. The lowest BCUT2D eigenvalue weighted by molar-refractivity contribution is -0.121. The Balaban J connectivity index is 0.00000364. The number of nitrogens with two attached hydrogens (primary N) is 1. The predicted molar refractivity (Wildman–Crippen MR) is 110 cm³/mol. The number of halogens is 1. The highest BCUT2D eigenvalue weighted by Crippen LogP contribution is 2.39. The van der Waals surface area contributed by atoms with Crippen LogP contribution in [0.3, 0.4) is 0 Å². The van der Waals surface area contributed by atoms with Crippen molar-refractivity contribution in [1.29, 1.82) is 0 Å². The zero-order valence-corrected chi connectivity index (χ0v) is 17.1. The second kappa shape index (κ2) is 11.7. The Kier molecular flexibility index (Phi) is 10.0. The van der Waals surface area contributed by atoms with Crippen molar-refractivity contribution in [3.63, 3.8) is 0 Å². The van der Waals surface area contributed by atoms with E-state index in [1.807, 2.05) is 0 Å². The van der Waals surface area contributed by atoms with Crippen LogP contribution in [0.15, 0.2) is 12.1 Å². The van der Waals surface area contributed by atoms with Crippen molar-refractivity contribution in [3.8, 4) is 11.5 Å². The third-order valence-corrected chi connectivity index (χ3v) is 4.39. The van der Waals surface area contributed by atoms with Crippen molar-refractivity contribution in [2.24, 2.45) is 0 Å². The Bertz CT molecular complexity index is 621. The molecular weight excluding hydrogens is 368 g/mol. The number of carbonyl (C=O) groups excluding carboxylic acids is 2. The molecule has 1 aliphatic heterocycles. The fourth-order valence-electron chi connectivity index (χ4n) is 2.89. The van der Waals surface area contributed by atoms with Gasteiger partial charge in [-0.05, 0) is 12.8 Å². The first-order valence-corrected chi connectivity index (χ1v) is 9.63. The highest BCUT2D eigenvalue weighted by molar-refractivity contribution is 6.20. The van der Waals surface area contributed by atoms with E-state index in [4.69, 9.17) is 15.2 Å². The summed E-state index contributed by atoms with van der Waals surface area (Å²) in [5, 5.41) is 0. The molecule has 2 rings (SSSR count). The van der Waals surface area contributed by atoms with E-state index in [1.54, 1.807) is 12.1 Å². The van der Waals surface area contributed by atoms with E-state index in [0.717, 1.165) is 38.5 Å². The standard InChI is InChI=1S/C20H30N2O4.ClH/c1-3-5-7-11-25-17-14-16(22-19(23)9-10-20(22)24)18(13-15(17)21)26-12-8-6-4-2;/h13-14H,3-12,21H2,1-2H3;1H. The maximum atomic E-state index is 12.2. The molecule has 6 nitrogen and oxygen atoms in total. The number of anilines is 2. The number of imide groups is 1. The van der Waals surface area contributed by atoms with Crippen LogP contribution >= 0.6 is 12.4 Å². The molecule has 1 aromatic rings. The minimum atomic E-state index is -0.213. The maximum absolute atomic E-state index is 12.2. The molecule has 1 fully saturated rings. The average molecular weight is 399 g/mol. The second-order valence-electron chi connectivity index (χ2n) is 6.59. The number of hydrogen-bond acceptors (Lipinski definition) is 5. The summed E-state index contributed by atoms with van der Waals surface area (Å²) in [5.41, 5.74) is 7.00. The molecule has 2 N–H and O–H groups in total. The molecular formula is C20H31ClN2O4. The molecule has 1 saturated heterocycles. The van der Waals surface area contributed by atoms with Crippen LogP contribution in [-0.4, -0.2) is 25.0 Å². The van der Waals surface area contributed by atoms with Crippen LogP contribution in [0.4, 0.5) is 11.4 Å². The number of carbonyl (C=O) groups is 2. The Morgan fingerprint density at radius 2 is 1.41 bits per heavy atom. The van der Waals surface area contributed by atoms with E-state index in [9.17, 15) is 9.59 Å². The summed E-state index contributed by atoms with van der Waals surface area (Å²) in [4.78, 5) is 25.6. The molecule has 0 spiro atoms. The number of amides is 2. The summed E-state index contributed by atoms with van der Waals surface area (Å²) in [6, 6.07) is 3.33. The number of benzene rings is 1. The summed E-state index contributed by atoms with van der Waals surface area (Å²) >= 11 is 0. The topological polar surface area (TPSA) is 81.9 Å². The van der Waals surface area contributed by atoms with E-state index in [0.29, 0.717) is 36.1 Å². The van der Waals surface area contributed by atoms with Crippen LogP contribution in [0.1, 0.15) is 65.2 Å². The molecule has 2 amide bonds. The Hall–Kier alpha value is -1.95. The SMILES string of the molecule is CCCCCOc1cc(N2C(=O)CCC2=O)c(OCCCCC)cc1N.Cl. The number of ether oxygens (including phenoxy) is 2. The van der Waals surface area contributed by atoms with Gasteiger partial charge >= 0.3 is 0 Å². The van der Waals surface area contributed by atoms with Crippen LogP contribution in [0.25, 0.3) is 0 Å². The van der Waals surface area contributed by atoms with Gasteiger partial charge in [0.15, 0.2) is 0 Å². The Morgan fingerprint density at radius 1 is 0.889 bits per heavy atom. The zero-order chi connectivity index (χ0) is 18.9. The minimum absolute atomic E-state index is 0. The third-order valence-electron chi connectivity index (χ3n) is 4.39. The molecule has 7 heteroatoms. The molecule has 0 saturated carbocycles. The smallest absolute Gasteiger partial charge is 0.234 e. The lowest BCUT2D eigenvalue weighted by Crippen LogP contribution is -2.29. The maximum Gasteiger partial charge on any atom is 0.234 e. The van der Waals surface area contributed by atoms with E-state index < -0.39 is 0 Å². The van der Waals surface area contributed by atoms with Gasteiger partial charge in [-0.25, -0.2) is 4.90 Å². The quantitative estimate of drug-likeness (QED) is 0.337. The Labute approximate surface area is 167 Å². The molecule has 27 heavy (non-hydrogen) atoms. The first kappa shape index (κ1) is 23.1. The van der Waals surface area contributed by atoms with Gasteiger partial charge in [-0.3, -0.25) is 9.59 Å². The van der Waals surface area contributed by atoms with E-state index in [2.05, 4.69) is 13.8 Å². The van der Waals surface area contributed by atoms with E-state index >= 15 is 0 Å². The van der Waals surface area contributed by atoms with Gasteiger partial charge in [0.1, 0.15) is 11.5 Å². The van der Waals surface area contributed by atoms with Gasteiger partial charge in [0.25, 0.3) is 0 Å². The van der Waals surface area contributed by atoms with Gasteiger partial charge in [-0.2, -0.15) is 0 Å². The predicted octanol–water partition coefficient (Wildman–Crippen LogP) is 4.48. The number of nitrogens with zero attached hydrogens (tertiary/aromatic N) is 1. The minimum Gasteiger partial charge on any atom is -0.491 e. The van der Waals surface area contributed by atoms with Crippen LogP contribution in [0, 0.1) is 0 Å². The van der Waals surface area contributed by atoms with E-state index in [-0.39, 0.29) is 37.1 Å². The van der Waals surface area contributed by atoms with Crippen molar-refractivity contribution < 1.29 is 19.1 Å². The molecule has 152 valence electrons. The summed E-state index contributed by atoms with van der Waals surface area (Å²) < 4.78 is 11.6. The highest BCUT2D eigenvalue weighted by Gasteiger charge is 2.33. The van der Waals surface area contributed by atoms with Gasteiger partial charge in [-0.1, -0.05) is 39.5 Å². The molecule has 0 aliphatic carbocycles. The highest BCUT2D eigenvalue weighted by atomic mass is 35.5. The second-order valence-corrected chi connectivity index (χ2v) is 6.59. The normalized spacial score (nSPS) is 13.6. The van der Waals surface area contributed by atoms with Crippen LogP contribution in [0.2, 0.25) is 0 Å². The lowest BCUT2D eigenvalue weighted by atomic mass is 10.2. The largest absolute Gasteiger partial charge is 0.491 e. The molecule has 0 bridgehead atoms. The molecule has 1 aliphatic rings. The fourth-order valence-corrected chi connectivity index (χ4v) is 2.89. The number of unbranched alkanes of at least 4 members (excludes halogenated alkanes) is 4. The molecule has 0 radical (unpaired) electrons. The van der Waals surface area contributed by atoms with Gasteiger partial charge in [0.2, 0.25) is 11.8 Å². The molecule has 0 unspecified atom stereocenters. The zero-order valence-electron chi connectivity index (χ0n) is 16.3. The average Bonchev–Trinajstić information content (AvgIpc) is 2.95. The third kappa shape index (κ3) is 6.31.